The maximum absolute atomic E-state index is 13.0. The number of allylic oxidation sites excluding steroid dienone is 2. The highest BCUT2D eigenvalue weighted by Gasteiger charge is 2.32. The van der Waals surface area contributed by atoms with Crippen LogP contribution < -0.4 is 5.32 Å². The second kappa shape index (κ2) is 9.28. The zero-order valence-corrected chi connectivity index (χ0v) is 19.2. The van der Waals surface area contributed by atoms with Gasteiger partial charge in [-0.25, -0.2) is 0 Å². The van der Waals surface area contributed by atoms with Crippen LogP contribution in [0.15, 0.2) is 64.5 Å². The number of nitrogens with one attached hydrogen (secondary N) is 1. The highest BCUT2D eigenvalue weighted by Crippen LogP contribution is 2.35. The molecular formula is C24H30ClN5O. The van der Waals surface area contributed by atoms with Gasteiger partial charge in [-0.3, -0.25) is 9.79 Å². The molecule has 0 radical (unpaired) electrons. The van der Waals surface area contributed by atoms with Crippen molar-refractivity contribution in [3.05, 3.63) is 64.5 Å². The summed E-state index contributed by atoms with van der Waals surface area (Å²) >= 11 is 6.21. The number of hydrogen-bond donors (Lipinski definition) is 1. The van der Waals surface area contributed by atoms with E-state index in [0.29, 0.717) is 29.0 Å². The van der Waals surface area contributed by atoms with Crippen molar-refractivity contribution in [1.82, 2.24) is 14.7 Å². The molecule has 1 saturated carbocycles. The monoisotopic (exact) mass is 439 g/mol. The predicted molar refractivity (Wildman–Crippen MR) is 127 cm³/mol. The van der Waals surface area contributed by atoms with E-state index < -0.39 is 0 Å². The van der Waals surface area contributed by atoms with E-state index in [0.717, 1.165) is 25.5 Å². The summed E-state index contributed by atoms with van der Waals surface area (Å²) in [5.74, 6) is 0.806. The maximum atomic E-state index is 13.0. The van der Waals surface area contributed by atoms with E-state index in [2.05, 4.69) is 48.3 Å². The molecule has 1 saturated heterocycles. The third-order valence-corrected chi connectivity index (χ3v) is 6.32. The molecule has 1 atom stereocenters. The number of piperazine rings is 1. The van der Waals surface area contributed by atoms with Crippen molar-refractivity contribution in [2.24, 2.45) is 4.99 Å². The van der Waals surface area contributed by atoms with Crippen LogP contribution in [-0.2, 0) is 4.79 Å². The van der Waals surface area contributed by atoms with Gasteiger partial charge in [0.05, 0.1) is 23.8 Å². The number of carbonyl (C=O) groups excluding carboxylic acids is 1. The average Bonchev–Trinajstić information content (AvgIpc) is 3.60. The minimum atomic E-state index is -0.144. The standard InChI is InChI=1S/C24H30ClN5O/c1-17(28(2)3)8-11-21(18-9-10-18)29-14-15-30-22(12-13-26-23(30)16-29)24(31)27-20-7-5-4-6-19(20)25/h4-8,11-12,17H,9-10,13-16H2,1-3H3,(H,27,31)/b11-8+. The molecule has 31 heavy (non-hydrogen) atoms. The number of amides is 1. The Bertz CT molecular complexity index is 972. The molecule has 0 spiro atoms. The van der Waals surface area contributed by atoms with Gasteiger partial charge in [0.15, 0.2) is 0 Å². The predicted octanol–water partition coefficient (Wildman–Crippen LogP) is 3.75. The number of likely N-dealkylation sites (N-methyl/N-ethyl adjacent to an activating group) is 1. The molecule has 2 aliphatic heterocycles. The molecule has 1 amide bonds. The zero-order valence-electron chi connectivity index (χ0n) is 18.4. The molecule has 1 aliphatic carbocycles. The Hall–Kier alpha value is -2.57. The molecule has 2 fully saturated rings. The highest BCUT2D eigenvalue weighted by molar-refractivity contribution is 6.33. The van der Waals surface area contributed by atoms with E-state index >= 15 is 0 Å². The van der Waals surface area contributed by atoms with E-state index in [1.807, 2.05) is 29.2 Å². The third kappa shape index (κ3) is 5.02. The summed E-state index contributed by atoms with van der Waals surface area (Å²) in [5, 5.41) is 3.48. The normalized spacial score (nSPS) is 19.2. The van der Waals surface area contributed by atoms with Crippen molar-refractivity contribution in [1.29, 1.82) is 0 Å². The SMILES string of the molecule is CC(/C=C/C(=C1CC1)N1CCN2C(C(=O)Nc3ccccc3Cl)=CCN=C2C1)N(C)C. The summed E-state index contributed by atoms with van der Waals surface area (Å²) in [5.41, 5.74) is 4.12. The second-order valence-electron chi connectivity index (χ2n) is 8.41. The smallest absolute Gasteiger partial charge is 0.272 e. The number of halogens is 1. The van der Waals surface area contributed by atoms with Gasteiger partial charge in [-0.15, -0.1) is 0 Å². The van der Waals surface area contributed by atoms with Crippen LogP contribution in [0.2, 0.25) is 5.02 Å². The largest absolute Gasteiger partial charge is 0.362 e. The number of fused-ring (bicyclic) bond motifs is 1. The number of aliphatic imine (C=N–C) groups is 1. The van der Waals surface area contributed by atoms with E-state index in [1.54, 1.807) is 6.07 Å². The van der Waals surface area contributed by atoms with Crippen LogP contribution in [0.3, 0.4) is 0 Å². The van der Waals surface area contributed by atoms with E-state index in [1.165, 1.54) is 24.1 Å². The summed E-state index contributed by atoms with van der Waals surface area (Å²) in [6.45, 7) is 5.02. The summed E-state index contributed by atoms with van der Waals surface area (Å²) < 4.78 is 0. The quantitative estimate of drug-likeness (QED) is 0.733. The Morgan fingerprint density at radius 3 is 2.74 bits per heavy atom. The second-order valence-corrected chi connectivity index (χ2v) is 8.81. The fourth-order valence-corrected chi connectivity index (χ4v) is 3.95. The van der Waals surface area contributed by atoms with E-state index in [4.69, 9.17) is 16.6 Å². The first kappa shape index (κ1) is 21.7. The molecular weight excluding hydrogens is 410 g/mol. The molecule has 164 valence electrons. The molecule has 1 aromatic carbocycles. The first-order valence-corrected chi connectivity index (χ1v) is 11.2. The molecule has 1 aromatic rings. The van der Waals surface area contributed by atoms with Gasteiger partial charge in [0.25, 0.3) is 5.91 Å². The fourth-order valence-electron chi connectivity index (χ4n) is 3.77. The van der Waals surface area contributed by atoms with Gasteiger partial charge in [-0.05, 0) is 63.7 Å². The molecule has 1 N–H and O–H groups in total. The van der Waals surface area contributed by atoms with Crippen molar-refractivity contribution >= 4 is 29.0 Å². The summed E-state index contributed by atoms with van der Waals surface area (Å²) in [6, 6.07) is 7.67. The van der Waals surface area contributed by atoms with Gasteiger partial charge in [0, 0.05) is 24.8 Å². The van der Waals surface area contributed by atoms with Crippen LogP contribution in [0.1, 0.15) is 19.8 Å². The van der Waals surface area contributed by atoms with Crippen LogP contribution in [0.25, 0.3) is 0 Å². The van der Waals surface area contributed by atoms with E-state index in [-0.39, 0.29) is 5.91 Å². The molecule has 3 aliphatic rings. The van der Waals surface area contributed by atoms with Crippen molar-refractivity contribution in [3.63, 3.8) is 0 Å². The first-order valence-electron chi connectivity index (χ1n) is 10.8. The Morgan fingerprint density at radius 1 is 1.26 bits per heavy atom. The van der Waals surface area contributed by atoms with E-state index in [9.17, 15) is 4.79 Å². The molecule has 4 rings (SSSR count). The van der Waals surface area contributed by atoms with Gasteiger partial charge in [0.2, 0.25) is 0 Å². The lowest BCUT2D eigenvalue weighted by Gasteiger charge is -2.40. The van der Waals surface area contributed by atoms with Crippen LogP contribution in [-0.4, -0.2) is 72.8 Å². The molecule has 6 nitrogen and oxygen atoms in total. The first-order chi connectivity index (χ1) is 14.9. The van der Waals surface area contributed by atoms with Crippen LogP contribution in [0, 0.1) is 0 Å². The Labute approximate surface area is 189 Å². The molecule has 2 heterocycles. The third-order valence-electron chi connectivity index (χ3n) is 5.99. The maximum Gasteiger partial charge on any atom is 0.272 e. The molecule has 1 unspecified atom stereocenters. The number of amidine groups is 1. The number of hydrogen-bond acceptors (Lipinski definition) is 5. The number of benzene rings is 1. The van der Waals surface area contributed by atoms with Crippen LogP contribution in [0.4, 0.5) is 5.69 Å². The summed E-state index contributed by atoms with van der Waals surface area (Å²) in [4.78, 5) is 24.3. The summed E-state index contributed by atoms with van der Waals surface area (Å²) in [7, 11) is 4.19. The van der Waals surface area contributed by atoms with Crippen molar-refractivity contribution in [2.75, 3.05) is 45.6 Å². The fraction of sp³-hybridized carbons (Fsp3) is 0.417. The molecule has 0 aromatic heterocycles. The lowest BCUT2D eigenvalue weighted by molar-refractivity contribution is -0.114. The lowest BCUT2D eigenvalue weighted by Crippen LogP contribution is -2.52. The summed E-state index contributed by atoms with van der Waals surface area (Å²) in [6.07, 6.45) is 8.78. The van der Waals surface area contributed by atoms with Crippen molar-refractivity contribution in [3.8, 4) is 0 Å². The number of anilines is 1. The van der Waals surface area contributed by atoms with Gasteiger partial charge in [0.1, 0.15) is 11.5 Å². The van der Waals surface area contributed by atoms with Crippen molar-refractivity contribution < 1.29 is 4.79 Å². The average molecular weight is 440 g/mol. The van der Waals surface area contributed by atoms with Gasteiger partial charge < -0.3 is 20.0 Å². The molecule has 0 bridgehead atoms. The highest BCUT2D eigenvalue weighted by atomic mass is 35.5. The van der Waals surface area contributed by atoms with Crippen LogP contribution >= 0.6 is 11.6 Å². The van der Waals surface area contributed by atoms with Crippen molar-refractivity contribution in [2.45, 2.75) is 25.8 Å². The zero-order chi connectivity index (χ0) is 22.0. The lowest BCUT2D eigenvalue weighted by atomic mass is 10.1. The number of nitrogens with zero attached hydrogens (tertiary/aromatic N) is 4. The Balaban J connectivity index is 1.45. The van der Waals surface area contributed by atoms with Gasteiger partial charge >= 0.3 is 0 Å². The molecule has 7 heteroatoms. The van der Waals surface area contributed by atoms with Gasteiger partial charge in [-0.2, -0.15) is 0 Å². The van der Waals surface area contributed by atoms with Crippen LogP contribution in [0.5, 0.6) is 0 Å². The van der Waals surface area contributed by atoms with Gasteiger partial charge in [-0.1, -0.05) is 29.8 Å². The Morgan fingerprint density at radius 2 is 2.03 bits per heavy atom. The number of para-hydroxylation sites is 1. The minimum Gasteiger partial charge on any atom is -0.362 e. The number of carbonyl (C=O) groups is 1. The topological polar surface area (TPSA) is 51.2 Å². The number of rotatable bonds is 6. The minimum absolute atomic E-state index is 0.144. The Kier molecular flexibility index (Phi) is 6.49.